The van der Waals surface area contributed by atoms with Gasteiger partial charge >= 0.3 is 6.09 Å². The van der Waals surface area contributed by atoms with Crippen molar-refractivity contribution in [2.45, 2.75) is 25.7 Å². The molecule has 0 atom stereocenters. The third-order valence-corrected chi connectivity index (χ3v) is 13.2. The largest absolute Gasteiger partial charge is 0.448 e. The Hall–Kier alpha value is -8.11. The molecule has 72 heavy (non-hydrogen) atoms. The van der Waals surface area contributed by atoms with Crippen molar-refractivity contribution >= 4 is 34.6 Å². The summed E-state index contributed by atoms with van der Waals surface area (Å²) < 4.78 is 57.3. The fourth-order valence-corrected chi connectivity index (χ4v) is 9.39. The number of aromatic nitrogens is 2. The lowest BCUT2D eigenvalue weighted by Gasteiger charge is -2.36. The van der Waals surface area contributed by atoms with Gasteiger partial charge in [-0.2, -0.15) is 5.10 Å². The number of benzene rings is 6. The van der Waals surface area contributed by atoms with Gasteiger partial charge < -0.3 is 24.6 Å². The maximum Gasteiger partial charge on any atom is 0.410 e. The highest BCUT2D eigenvalue weighted by atomic mass is 19.1. The molecule has 0 bridgehead atoms. The Kier molecular flexibility index (Phi) is 14.9. The lowest BCUT2D eigenvalue weighted by atomic mass is 9.98. The summed E-state index contributed by atoms with van der Waals surface area (Å²) in [5.74, 6) is -4.87. The number of nitrogens with one attached hydrogen (secondary N) is 2. The third kappa shape index (κ3) is 10.6. The summed E-state index contributed by atoms with van der Waals surface area (Å²) in [5.41, 5.74) is 6.04. The van der Waals surface area contributed by atoms with Gasteiger partial charge in [-0.3, -0.25) is 24.1 Å². The summed E-state index contributed by atoms with van der Waals surface area (Å²) in [4.78, 5) is 71.0. The Bertz CT molecular complexity index is 3180. The molecule has 0 unspecified atom stereocenters. The van der Waals surface area contributed by atoms with Crippen LogP contribution in [-0.2, 0) is 27.1 Å². The molecule has 1 aliphatic carbocycles. The summed E-state index contributed by atoms with van der Waals surface area (Å²) >= 11 is 0. The standard InChI is InChI=1S/C56H51F3N6O7/c1-2-35-10-9-11-37(28-35)38-31-48(58)52(49(59)32-38)54(68)60-20-26-71-27-25-65(56(70)72-34-46-41-14-5-3-12-39(41)40-13-4-6-15-42(40)46)33-51(66)63-21-23-64(24-22-63)55(69)45-29-36(18-19-47(45)57)30-50-43-16-7-8-17-44(43)53(67)62-61-50/h3-19,28-29,31-32,46H,2,20-27,30,33-34H2,1H3,(H,60,68)(H,62,67). The van der Waals surface area contributed by atoms with Gasteiger partial charge in [0.15, 0.2) is 0 Å². The van der Waals surface area contributed by atoms with Crippen LogP contribution in [0.3, 0.4) is 0 Å². The van der Waals surface area contributed by atoms with E-state index in [4.69, 9.17) is 9.47 Å². The molecule has 1 saturated heterocycles. The number of hydrogen-bond donors (Lipinski definition) is 2. The lowest BCUT2D eigenvalue weighted by molar-refractivity contribution is -0.133. The number of rotatable bonds is 16. The van der Waals surface area contributed by atoms with E-state index >= 15 is 13.2 Å². The van der Waals surface area contributed by atoms with Crippen molar-refractivity contribution in [1.82, 2.24) is 30.2 Å². The van der Waals surface area contributed by atoms with E-state index in [1.165, 1.54) is 26.8 Å². The number of hydrogen-bond acceptors (Lipinski definition) is 8. The maximum atomic E-state index is 15.3. The number of carbonyl (C=O) groups excluding carboxylic acids is 4. The van der Waals surface area contributed by atoms with Gasteiger partial charge in [-0.1, -0.05) is 104 Å². The number of piperazine rings is 1. The van der Waals surface area contributed by atoms with Gasteiger partial charge in [-0.25, -0.2) is 23.1 Å². The molecule has 0 saturated carbocycles. The van der Waals surface area contributed by atoms with E-state index in [0.29, 0.717) is 33.2 Å². The maximum absolute atomic E-state index is 15.3. The smallest absolute Gasteiger partial charge is 0.410 e. The fourth-order valence-electron chi connectivity index (χ4n) is 9.39. The molecule has 2 aliphatic rings. The predicted octanol–water partition coefficient (Wildman–Crippen LogP) is 8.14. The molecule has 0 spiro atoms. The van der Waals surface area contributed by atoms with E-state index in [2.05, 4.69) is 15.5 Å². The monoisotopic (exact) mass is 976 g/mol. The van der Waals surface area contributed by atoms with Gasteiger partial charge in [0.1, 0.15) is 36.2 Å². The molecular weight excluding hydrogens is 926 g/mol. The summed E-state index contributed by atoms with van der Waals surface area (Å²) in [5, 5.41) is 10.3. The zero-order valence-corrected chi connectivity index (χ0v) is 39.5. The number of amides is 4. The Balaban J connectivity index is 0.815. The highest BCUT2D eigenvalue weighted by Crippen LogP contribution is 2.44. The van der Waals surface area contributed by atoms with E-state index in [-0.39, 0.29) is 89.1 Å². The fraction of sp³-hybridized carbons (Fsp3) is 0.250. The second kappa shape index (κ2) is 21.9. The van der Waals surface area contributed by atoms with E-state index in [0.717, 1.165) is 46.4 Å². The minimum absolute atomic E-state index is 0.000175. The first-order chi connectivity index (χ1) is 35.0. The molecule has 7 aromatic rings. The molecule has 1 aliphatic heterocycles. The Labute approximate surface area is 413 Å². The molecule has 2 N–H and O–H groups in total. The van der Waals surface area contributed by atoms with Crippen molar-refractivity contribution < 1.29 is 41.8 Å². The van der Waals surface area contributed by atoms with Crippen LogP contribution in [0.25, 0.3) is 33.0 Å². The van der Waals surface area contributed by atoms with Crippen LogP contribution >= 0.6 is 0 Å². The van der Waals surface area contributed by atoms with E-state index in [9.17, 15) is 24.0 Å². The average Bonchev–Trinajstić information content (AvgIpc) is 3.72. The summed E-state index contributed by atoms with van der Waals surface area (Å²) in [6.07, 6.45) is 0.223. The lowest BCUT2D eigenvalue weighted by Crippen LogP contribution is -2.53. The number of H-pyrrole nitrogens is 1. The third-order valence-electron chi connectivity index (χ3n) is 13.2. The van der Waals surface area contributed by atoms with Gasteiger partial charge in [0.05, 0.1) is 29.9 Å². The summed E-state index contributed by atoms with van der Waals surface area (Å²) in [6.45, 7) is 1.67. The zero-order chi connectivity index (χ0) is 50.3. The summed E-state index contributed by atoms with van der Waals surface area (Å²) in [7, 11) is 0. The highest BCUT2D eigenvalue weighted by Gasteiger charge is 2.32. The van der Waals surface area contributed by atoms with Crippen LogP contribution < -0.4 is 10.9 Å². The minimum atomic E-state index is -1.01. The van der Waals surface area contributed by atoms with Gasteiger partial charge in [-0.05, 0) is 81.3 Å². The molecule has 9 rings (SSSR count). The first-order valence-electron chi connectivity index (χ1n) is 23.8. The zero-order valence-electron chi connectivity index (χ0n) is 39.5. The normalized spacial score (nSPS) is 13.2. The van der Waals surface area contributed by atoms with Crippen LogP contribution in [0.1, 0.15) is 61.5 Å². The van der Waals surface area contributed by atoms with Crippen LogP contribution in [-0.4, -0.2) is 114 Å². The average molecular weight is 977 g/mol. The number of nitrogens with zero attached hydrogens (tertiary/aromatic N) is 4. The number of ether oxygens (including phenoxy) is 2. The molecule has 4 amide bonds. The molecule has 13 nitrogen and oxygen atoms in total. The number of carbonyl (C=O) groups is 4. The van der Waals surface area contributed by atoms with Crippen LogP contribution in [0.2, 0.25) is 0 Å². The molecule has 1 fully saturated rings. The Morgan fingerprint density at radius 2 is 1.39 bits per heavy atom. The SMILES string of the molecule is CCc1cccc(-c2cc(F)c(C(=O)NCCOCCN(CC(=O)N3CCN(C(=O)c4cc(Cc5n[nH]c(=O)c6ccccc56)ccc4F)CC3)C(=O)OCC3c4ccccc4-c4ccccc43)c(F)c2)c1. The van der Waals surface area contributed by atoms with Crippen LogP contribution in [0.4, 0.5) is 18.0 Å². The van der Waals surface area contributed by atoms with E-state index < -0.39 is 46.8 Å². The van der Waals surface area contributed by atoms with Crippen molar-refractivity contribution in [1.29, 1.82) is 0 Å². The second-order valence-electron chi connectivity index (χ2n) is 17.7. The first-order valence-corrected chi connectivity index (χ1v) is 23.8. The molecule has 0 radical (unpaired) electrons. The van der Waals surface area contributed by atoms with Gasteiger partial charge in [-0.15, -0.1) is 0 Å². The molecular formula is C56H51F3N6O7. The van der Waals surface area contributed by atoms with Crippen LogP contribution in [0, 0.1) is 17.5 Å². The van der Waals surface area contributed by atoms with Crippen molar-refractivity contribution in [2.24, 2.45) is 0 Å². The topological polar surface area (TPSA) is 154 Å². The Morgan fingerprint density at radius 1 is 0.722 bits per heavy atom. The summed E-state index contributed by atoms with van der Waals surface area (Å²) in [6, 6.07) is 36.6. The molecule has 1 aromatic heterocycles. The molecule has 368 valence electrons. The minimum Gasteiger partial charge on any atom is -0.448 e. The molecule has 6 aromatic carbocycles. The number of fused-ring (bicyclic) bond motifs is 4. The van der Waals surface area contributed by atoms with Crippen molar-refractivity contribution in [3.05, 3.63) is 194 Å². The van der Waals surface area contributed by atoms with E-state index in [1.807, 2.05) is 67.6 Å². The van der Waals surface area contributed by atoms with Gasteiger partial charge in [0.25, 0.3) is 17.4 Å². The quantitative estimate of drug-likeness (QED) is 0.0921. The van der Waals surface area contributed by atoms with Gasteiger partial charge in [0.2, 0.25) is 5.91 Å². The first kappa shape index (κ1) is 48.9. The van der Waals surface area contributed by atoms with E-state index in [1.54, 1.807) is 42.5 Å². The molecule has 2 heterocycles. The van der Waals surface area contributed by atoms with Crippen molar-refractivity contribution in [3.8, 4) is 22.3 Å². The Morgan fingerprint density at radius 3 is 2.10 bits per heavy atom. The molecule has 16 heteroatoms. The van der Waals surface area contributed by atoms with Crippen molar-refractivity contribution in [2.75, 3.05) is 65.6 Å². The predicted molar refractivity (Wildman–Crippen MR) is 265 cm³/mol. The number of halogens is 3. The number of aromatic amines is 1. The van der Waals surface area contributed by atoms with Crippen molar-refractivity contribution in [3.63, 3.8) is 0 Å². The number of aryl methyl sites for hydroxylation is 1. The van der Waals surface area contributed by atoms with Gasteiger partial charge in [0, 0.05) is 57.0 Å². The highest BCUT2D eigenvalue weighted by molar-refractivity contribution is 5.96. The van der Waals surface area contributed by atoms with Crippen LogP contribution in [0.5, 0.6) is 0 Å². The van der Waals surface area contributed by atoms with Crippen LogP contribution in [0.15, 0.2) is 132 Å². The second-order valence-corrected chi connectivity index (χ2v) is 17.7.